The van der Waals surface area contributed by atoms with E-state index in [1.807, 2.05) is 6.92 Å². The van der Waals surface area contributed by atoms with Crippen molar-refractivity contribution < 1.29 is 23.8 Å². The Balaban J connectivity index is 2.52. The van der Waals surface area contributed by atoms with E-state index in [1.165, 1.54) is 13.8 Å². The Labute approximate surface area is 95.8 Å². The van der Waals surface area contributed by atoms with E-state index in [-0.39, 0.29) is 24.6 Å². The molecule has 1 aliphatic heterocycles. The Morgan fingerprint density at radius 1 is 1.31 bits per heavy atom. The molecule has 1 rings (SSSR count). The highest BCUT2D eigenvalue weighted by Gasteiger charge is 2.41. The first-order valence-corrected chi connectivity index (χ1v) is 5.13. The van der Waals surface area contributed by atoms with Crippen LogP contribution in [0.3, 0.4) is 0 Å². The quantitative estimate of drug-likeness (QED) is 0.501. The van der Waals surface area contributed by atoms with Gasteiger partial charge in [-0.05, 0) is 0 Å². The van der Waals surface area contributed by atoms with Crippen molar-refractivity contribution in [3.8, 4) is 0 Å². The van der Waals surface area contributed by atoms with Crippen LogP contribution in [-0.2, 0) is 23.8 Å². The number of hydrogen-bond donors (Lipinski definition) is 0. The van der Waals surface area contributed by atoms with Gasteiger partial charge in [0.15, 0.2) is 0 Å². The number of rotatable bonds is 3. The molecule has 5 nitrogen and oxygen atoms in total. The van der Waals surface area contributed by atoms with Gasteiger partial charge in [-0.3, -0.25) is 9.59 Å². The van der Waals surface area contributed by atoms with Crippen molar-refractivity contribution in [3.05, 3.63) is 0 Å². The van der Waals surface area contributed by atoms with Gasteiger partial charge in [0.05, 0.1) is 12.1 Å². The second kappa shape index (κ2) is 5.34. The van der Waals surface area contributed by atoms with Crippen LogP contribution in [0.1, 0.15) is 20.8 Å². The van der Waals surface area contributed by atoms with Gasteiger partial charge >= 0.3 is 11.9 Å². The lowest BCUT2D eigenvalue weighted by Crippen LogP contribution is -2.31. The number of carbonyl (C=O) groups is 2. The van der Waals surface area contributed by atoms with Crippen LogP contribution in [0.15, 0.2) is 0 Å². The van der Waals surface area contributed by atoms with Gasteiger partial charge < -0.3 is 14.2 Å². The van der Waals surface area contributed by atoms with Crippen LogP contribution in [-0.4, -0.2) is 44.6 Å². The number of esters is 2. The van der Waals surface area contributed by atoms with Crippen molar-refractivity contribution in [2.75, 3.05) is 6.61 Å². The van der Waals surface area contributed by atoms with Gasteiger partial charge in [-0.15, -0.1) is 0 Å². The maximum absolute atomic E-state index is 10.8. The molecule has 1 saturated heterocycles. The van der Waals surface area contributed by atoms with E-state index >= 15 is 0 Å². The molecule has 0 unspecified atom stereocenters. The molecule has 0 bridgehead atoms. The standard InChI is InChI=1S/C10H15BO5/c1-5-8(4-14-6(2)12)16-10(11)9(5)15-7(3)13/h5,8-10H,4H2,1-3H3/t5-,8-,9-,10-/m1/s1. The van der Waals surface area contributed by atoms with Crippen LogP contribution in [0.5, 0.6) is 0 Å². The van der Waals surface area contributed by atoms with Crippen molar-refractivity contribution in [3.63, 3.8) is 0 Å². The summed E-state index contributed by atoms with van der Waals surface area (Å²) in [5.74, 6) is -0.873. The molecule has 0 aromatic rings. The fraction of sp³-hybridized carbons (Fsp3) is 0.800. The molecular formula is C10H15BO5. The molecule has 6 heteroatoms. The van der Waals surface area contributed by atoms with Gasteiger partial charge in [-0.1, -0.05) is 6.92 Å². The Bertz CT molecular complexity index is 280. The van der Waals surface area contributed by atoms with Crippen molar-refractivity contribution in [2.45, 2.75) is 39.0 Å². The molecule has 88 valence electrons. The molecule has 2 radical (unpaired) electrons. The number of carbonyl (C=O) groups excluding carboxylic acids is 2. The fourth-order valence-electron chi connectivity index (χ4n) is 1.67. The van der Waals surface area contributed by atoms with E-state index in [2.05, 4.69) is 0 Å². The normalized spacial score (nSPS) is 33.4. The second-order valence-corrected chi connectivity index (χ2v) is 3.87. The molecule has 1 heterocycles. The summed E-state index contributed by atoms with van der Waals surface area (Å²) in [5, 5.41) is 0. The average molecular weight is 226 g/mol. The molecule has 0 spiro atoms. The van der Waals surface area contributed by atoms with Gasteiger partial charge in [0.25, 0.3) is 0 Å². The Morgan fingerprint density at radius 3 is 2.44 bits per heavy atom. The molecule has 0 N–H and O–H groups in total. The highest BCUT2D eigenvalue weighted by atomic mass is 16.6. The van der Waals surface area contributed by atoms with E-state index in [1.54, 1.807) is 0 Å². The third kappa shape index (κ3) is 3.23. The molecule has 16 heavy (non-hydrogen) atoms. The first kappa shape index (κ1) is 13.0. The van der Waals surface area contributed by atoms with Gasteiger partial charge in [-0.2, -0.15) is 0 Å². The van der Waals surface area contributed by atoms with Crippen molar-refractivity contribution in [2.24, 2.45) is 5.92 Å². The van der Waals surface area contributed by atoms with E-state index < -0.39 is 18.1 Å². The summed E-state index contributed by atoms with van der Waals surface area (Å²) in [6, 6.07) is -0.667. The van der Waals surface area contributed by atoms with E-state index in [4.69, 9.17) is 22.1 Å². The zero-order valence-corrected chi connectivity index (χ0v) is 9.64. The summed E-state index contributed by atoms with van der Waals surface area (Å²) >= 11 is 0. The topological polar surface area (TPSA) is 61.8 Å². The summed E-state index contributed by atoms with van der Waals surface area (Å²) in [6.07, 6.45) is -0.818. The highest BCUT2D eigenvalue weighted by molar-refractivity contribution is 6.11. The van der Waals surface area contributed by atoms with Crippen molar-refractivity contribution in [1.82, 2.24) is 0 Å². The largest absolute Gasteiger partial charge is 0.463 e. The van der Waals surface area contributed by atoms with E-state index in [9.17, 15) is 9.59 Å². The summed E-state index contributed by atoms with van der Waals surface area (Å²) < 4.78 is 15.2. The van der Waals surface area contributed by atoms with Gasteiger partial charge in [0.1, 0.15) is 20.6 Å². The average Bonchev–Trinajstić information content (AvgIpc) is 2.42. The van der Waals surface area contributed by atoms with Crippen LogP contribution in [0.2, 0.25) is 0 Å². The lowest BCUT2D eigenvalue weighted by molar-refractivity contribution is -0.148. The molecule has 0 aromatic carbocycles. The zero-order valence-electron chi connectivity index (χ0n) is 9.64. The van der Waals surface area contributed by atoms with Gasteiger partial charge in [0, 0.05) is 19.8 Å². The van der Waals surface area contributed by atoms with E-state index in [0.29, 0.717) is 0 Å². The van der Waals surface area contributed by atoms with Crippen LogP contribution < -0.4 is 0 Å². The summed E-state index contributed by atoms with van der Waals surface area (Å²) in [4.78, 5) is 21.5. The molecule has 0 aliphatic carbocycles. The van der Waals surface area contributed by atoms with E-state index in [0.717, 1.165) is 0 Å². The van der Waals surface area contributed by atoms with Crippen LogP contribution in [0, 0.1) is 5.92 Å². The van der Waals surface area contributed by atoms with Crippen molar-refractivity contribution >= 4 is 19.8 Å². The predicted octanol–water partition coefficient (Wildman–Crippen LogP) is 0.0107. The summed E-state index contributed by atoms with van der Waals surface area (Å²) in [6.45, 7) is 4.61. The zero-order chi connectivity index (χ0) is 12.3. The summed E-state index contributed by atoms with van der Waals surface area (Å²) in [5.41, 5.74) is 0. The monoisotopic (exact) mass is 226 g/mol. The maximum atomic E-state index is 10.8. The molecule has 4 atom stereocenters. The van der Waals surface area contributed by atoms with Crippen LogP contribution in [0.4, 0.5) is 0 Å². The summed E-state index contributed by atoms with van der Waals surface area (Å²) in [7, 11) is 5.67. The predicted molar refractivity (Wildman–Crippen MR) is 55.8 cm³/mol. The van der Waals surface area contributed by atoms with Gasteiger partial charge in [-0.25, -0.2) is 0 Å². The second-order valence-electron chi connectivity index (χ2n) is 3.87. The fourth-order valence-corrected chi connectivity index (χ4v) is 1.67. The number of ether oxygens (including phenoxy) is 3. The molecular weight excluding hydrogens is 211 g/mol. The highest BCUT2D eigenvalue weighted by Crippen LogP contribution is 2.28. The Morgan fingerprint density at radius 2 is 1.94 bits per heavy atom. The SMILES string of the molecule is [B][C@@H]1O[C@H](COC(C)=O)[C@@H](C)[C@H]1OC(C)=O. The molecule has 1 aliphatic rings. The lowest BCUT2D eigenvalue weighted by atomic mass is 9.88. The van der Waals surface area contributed by atoms with Crippen LogP contribution >= 0.6 is 0 Å². The smallest absolute Gasteiger partial charge is 0.302 e. The first-order valence-electron chi connectivity index (χ1n) is 5.13. The van der Waals surface area contributed by atoms with Crippen LogP contribution in [0.25, 0.3) is 0 Å². The maximum Gasteiger partial charge on any atom is 0.302 e. The molecule has 0 amide bonds. The van der Waals surface area contributed by atoms with Gasteiger partial charge in [0.2, 0.25) is 0 Å². The Hall–Kier alpha value is -1.04. The van der Waals surface area contributed by atoms with Crippen molar-refractivity contribution in [1.29, 1.82) is 0 Å². The Kier molecular flexibility index (Phi) is 4.35. The minimum absolute atomic E-state index is 0.0988. The number of hydrogen-bond acceptors (Lipinski definition) is 5. The molecule has 1 fully saturated rings. The molecule has 0 saturated carbocycles. The third-order valence-corrected chi connectivity index (χ3v) is 2.51. The minimum atomic E-state index is -0.667. The first-order chi connectivity index (χ1) is 7.41. The third-order valence-electron chi connectivity index (χ3n) is 2.51. The lowest BCUT2D eigenvalue weighted by Gasteiger charge is -2.19. The minimum Gasteiger partial charge on any atom is -0.463 e. The molecule has 0 aromatic heterocycles.